The van der Waals surface area contributed by atoms with Crippen molar-refractivity contribution in [2.45, 2.75) is 12.7 Å². The smallest absolute Gasteiger partial charge is 0.318 e. The number of alkyl halides is 3. The van der Waals surface area contributed by atoms with Crippen LogP contribution >= 0.6 is 23.2 Å². The highest BCUT2D eigenvalue weighted by Gasteiger charge is 2.35. The number of benzene rings is 1. The molecule has 0 spiro atoms. The zero-order chi connectivity index (χ0) is 19.8. The van der Waals surface area contributed by atoms with Crippen LogP contribution in [0.4, 0.5) is 18.9 Å². The molecule has 0 saturated carbocycles. The quantitative estimate of drug-likeness (QED) is 0.690. The Kier molecular flexibility index (Phi) is 5.16. The number of aromatic nitrogens is 4. The van der Waals surface area contributed by atoms with Crippen LogP contribution < -0.4 is 5.32 Å². The highest BCUT2D eigenvalue weighted by Crippen LogP contribution is 2.29. The Morgan fingerprint density at radius 1 is 1.22 bits per heavy atom. The van der Waals surface area contributed by atoms with Gasteiger partial charge in [0.05, 0.1) is 28.5 Å². The molecule has 0 radical (unpaired) electrons. The molecule has 2 heterocycles. The van der Waals surface area contributed by atoms with Crippen molar-refractivity contribution >= 4 is 34.8 Å². The Balaban J connectivity index is 1.70. The van der Waals surface area contributed by atoms with Crippen molar-refractivity contribution in [3.05, 3.63) is 63.7 Å². The van der Waals surface area contributed by atoms with Crippen LogP contribution in [0.25, 0.3) is 0 Å². The summed E-state index contributed by atoms with van der Waals surface area (Å²) in [6, 6.07) is 5.82. The number of nitrogens with zero attached hydrogens (tertiary/aromatic N) is 4. The predicted molar refractivity (Wildman–Crippen MR) is 94.0 cm³/mol. The number of aryl methyl sites for hydroxylation is 1. The molecule has 11 heteroatoms. The fourth-order valence-corrected chi connectivity index (χ4v) is 2.70. The molecule has 27 heavy (non-hydrogen) atoms. The second-order valence-electron chi connectivity index (χ2n) is 5.67. The van der Waals surface area contributed by atoms with E-state index in [4.69, 9.17) is 23.2 Å². The van der Waals surface area contributed by atoms with Gasteiger partial charge in [-0.05, 0) is 17.7 Å². The lowest BCUT2D eigenvalue weighted by Gasteiger charge is -2.04. The van der Waals surface area contributed by atoms with Crippen LogP contribution in [-0.2, 0) is 19.8 Å². The number of carbonyl (C=O) groups is 1. The number of hydrogen-bond donors (Lipinski definition) is 1. The molecule has 0 saturated heterocycles. The topological polar surface area (TPSA) is 64.7 Å². The van der Waals surface area contributed by atoms with Gasteiger partial charge in [0.1, 0.15) is 5.69 Å². The minimum absolute atomic E-state index is 0.319. The number of carbonyl (C=O) groups excluding carboxylic acids is 1. The molecular weight excluding hydrogens is 406 g/mol. The number of nitrogens with one attached hydrogen (secondary N) is 1. The number of anilines is 1. The van der Waals surface area contributed by atoms with Gasteiger partial charge >= 0.3 is 6.18 Å². The summed E-state index contributed by atoms with van der Waals surface area (Å²) in [6.45, 7) is 0.370. The molecule has 3 aromatic rings. The van der Waals surface area contributed by atoms with Crippen molar-refractivity contribution in [2.24, 2.45) is 7.05 Å². The second-order valence-corrected chi connectivity index (χ2v) is 6.48. The molecule has 1 aromatic carbocycles. The normalized spacial score (nSPS) is 11.6. The Hall–Kier alpha value is -2.52. The van der Waals surface area contributed by atoms with Crippen molar-refractivity contribution in [3.8, 4) is 0 Å². The van der Waals surface area contributed by atoms with Crippen LogP contribution in [0, 0.1) is 0 Å². The molecule has 0 unspecified atom stereocenters. The largest absolute Gasteiger partial charge is 0.433 e. The third kappa shape index (κ3) is 4.42. The number of halogens is 5. The van der Waals surface area contributed by atoms with Gasteiger partial charge in [0, 0.05) is 19.3 Å². The lowest BCUT2D eigenvalue weighted by Crippen LogP contribution is -2.12. The van der Waals surface area contributed by atoms with Crippen molar-refractivity contribution < 1.29 is 18.0 Å². The van der Waals surface area contributed by atoms with Crippen molar-refractivity contribution in [3.63, 3.8) is 0 Å². The molecule has 1 amide bonds. The average molecular weight is 418 g/mol. The average Bonchev–Trinajstić information content (AvgIpc) is 3.17. The van der Waals surface area contributed by atoms with Crippen LogP contribution in [0.5, 0.6) is 0 Å². The lowest BCUT2D eigenvalue weighted by atomic mass is 10.2. The van der Waals surface area contributed by atoms with Gasteiger partial charge in [-0.3, -0.25) is 14.2 Å². The van der Waals surface area contributed by atoms with Gasteiger partial charge in [-0.25, -0.2) is 0 Å². The molecule has 0 atom stereocenters. The van der Waals surface area contributed by atoms with Crippen molar-refractivity contribution in [2.75, 3.05) is 5.32 Å². The molecule has 3 rings (SSSR count). The van der Waals surface area contributed by atoms with Gasteiger partial charge in [-0.1, -0.05) is 29.3 Å². The maximum Gasteiger partial charge on any atom is 0.433 e. The first-order chi connectivity index (χ1) is 12.6. The Morgan fingerprint density at radius 2 is 1.96 bits per heavy atom. The highest BCUT2D eigenvalue weighted by molar-refractivity contribution is 6.42. The fourth-order valence-electron chi connectivity index (χ4n) is 2.38. The molecule has 0 aliphatic carbocycles. The predicted octanol–water partition coefficient (Wildman–Crippen LogP) is 4.24. The van der Waals surface area contributed by atoms with E-state index in [9.17, 15) is 18.0 Å². The fraction of sp³-hybridized carbons (Fsp3) is 0.188. The molecular formula is C16H12Cl2F3N5O. The van der Waals surface area contributed by atoms with Gasteiger partial charge in [0.25, 0.3) is 5.91 Å². The first-order valence-electron chi connectivity index (χ1n) is 7.52. The third-order valence-corrected chi connectivity index (χ3v) is 4.36. The standard InChI is InChI=1S/C16H12Cl2F3N5O/c1-25-14(16(19,20)21)5-13(24-25)15(27)23-10-6-22-26(8-10)7-9-2-3-11(17)12(18)4-9/h2-6,8H,7H2,1H3,(H,23,27). The van der Waals surface area contributed by atoms with Crippen LogP contribution in [0.3, 0.4) is 0 Å². The van der Waals surface area contributed by atoms with E-state index in [1.165, 1.54) is 17.1 Å². The third-order valence-electron chi connectivity index (χ3n) is 3.62. The van der Waals surface area contributed by atoms with Gasteiger partial charge in [-0.2, -0.15) is 23.4 Å². The summed E-state index contributed by atoms with van der Waals surface area (Å²) in [4.78, 5) is 12.1. The highest BCUT2D eigenvalue weighted by atomic mass is 35.5. The lowest BCUT2D eigenvalue weighted by molar-refractivity contribution is -0.143. The molecule has 0 bridgehead atoms. The minimum Gasteiger partial charge on any atom is -0.318 e. The molecule has 142 valence electrons. The minimum atomic E-state index is -4.59. The SMILES string of the molecule is Cn1nc(C(=O)Nc2cnn(Cc3ccc(Cl)c(Cl)c3)c2)cc1C(F)(F)F. The summed E-state index contributed by atoms with van der Waals surface area (Å²) < 4.78 is 40.5. The van der Waals surface area contributed by atoms with E-state index in [1.54, 1.807) is 18.2 Å². The maximum absolute atomic E-state index is 12.8. The van der Waals surface area contributed by atoms with E-state index in [0.717, 1.165) is 12.6 Å². The molecule has 1 N–H and O–H groups in total. The van der Waals surface area contributed by atoms with E-state index in [-0.39, 0.29) is 5.69 Å². The summed E-state index contributed by atoms with van der Waals surface area (Å²) in [5.74, 6) is -0.768. The summed E-state index contributed by atoms with van der Waals surface area (Å²) in [6.07, 6.45) is -1.68. The zero-order valence-electron chi connectivity index (χ0n) is 13.8. The van der Waals surface area contributed by atoms with Crippen molar-refractivity contribution in [1.29, 1.82) is 0 Å². The second kappa shape index (κ2) is 7.24. The Labute approximate surface area is 161 Å². The molecule has 6 nitrogen and oxygen atoms in total. The van der Waals surface area contributed by atoms with E-state index in [0.29, 0.717) is 33.0 Å². The monoisotopic (exact) mass is 417 g/mol. The summed E-state index contributed by atoms with van der Waals surface area (Å²) in [7, 11) is 1.12. The number of amides is 1. The van der Waals surface area contributed by atoms with Gasteiger partial charge in [0.15, 0.2) is 5.69 Å². The summed E-state index contributed by atoms with van der Waals surface area (Å²) in [5, 5.41) is 11.0. The zero-order valence-corrected chi connectivity index (χ0v) is 15.3. The maximum atomic E-state index is 12.8. The van der Waals surface area contributed by atoms with Crippen LogP contribution in [-0.4, -0.2) is 25.5 Å². The van der Waals surface area contributed by atoms with Crippen LogP contribution in [0.15, 0.2) is 36.7 Å². The van der Waals surface area contributed by atoms with Gasteiger partial charge < -0.3 is 5.32 Å². The van der Waals surface area contributed by atoms with Crippen molar-refractivity contribution in [1.82, 2.24) is 19.6 Å². The summed E-state index contributed by atoms with van der Waals surface area (Å²) >= 11 is 11.8. The first-order valence-corrected chi connectivity index (χ1v) is 8.28. The molecule has 0 fully saturated rings. The van der Waals surface area contributed by atoms with Gasteiger partial charge in [-0.15, -0.1) is 0 Å². The molecule has 0 aliphatic rings. The van der Waals surface area contributed by atoms with Gasteiger partial charge in [0.2, 0.25) is 0 Å². The Morgan fingerprint density at radius 3 is 2.59 bits per heavy atom. The van der Waals surface area contributed by atoms with E-state index < -0.39 is 17.8 Å². The summed E-state index contributed by atoms with van der Waals surface area (Å²) in [5.41, 5.74) is -0.200. The number of rotatable bonds is 4. The van der Waals surface area contributed by atoms with E-state index >= 15 is 0 Å². The molecule has 0 aliphatic heterocycles. The molecule has 2 aromatic heterocycles. The van der Waals surface area contributed by atoms with E-state index in [1.807, 2.05) is 0 Å². The van der Waals surface area contributed by atoms with E-state index in [2.05, 4.69) is 15.5 Å². The van der Waals surface area contributed by atoms with Crippen LogP contribution in [0.2, 0.25) is 10.0 Å². The van der Waals surface area contributed by atoms with Crippen LogP contribution in [0.1, 0.15) is 21.7 Å². The first kappa shape index (κ1) is 19.2. The Bertz CT molecular complexity index is 996. The number of hydrogen-bond acceptors (Lipinski definition) is 3.